The number of rotatable bonds is 4. The molecule has 0 aromatic rings. The standard InChI is InChI=1S/C9H18AsNO/c1-6-8(10(4)5)11-9(12)7(2)3/h8H,2,6H2,1,3-5H3,(H,11,12). The molecule has 0 heterocycles. The molecule has 1 unspecified atom stereocenters. The number of hydrogen-bond acceptors (Lipinski definition) is 1. The summed E-state index contributed by atoms with van der Waals surface area (Å²) in [6.45, 7) is 7.46. The fourth-order valence-corrected chi connectivity index (χ4v) is 3.19. The fourth-order valence-electron chi connectivity index (χ4n) is 0.871. The van der Waals surface area contributed by atoms with Gasteiger partial charge in [-0.1, -0.05) is 0 Å². The van der Waals surface area contributed by atoms with Crippen LogP contribution in [0.1, 0.15) is 20.3 Å². The second-order valence-electron chi connectivity index (χ2n) is 3.14. The van der Waals surface area contributed by atoms with Gasteiger partial charge in [0.2, 0.25) is 0 Å². The minimum absolute atomic E-state index is 0.00456. The van der Waals surface area contributed by atoms with Crippen molar-refractivity contribution in [3.63, 3.8) is 0 Å². The molecule has 1 N–H and O–H groups in total. The Balaban J connectivity index is 4.03. The molecule has 0 aliphatic rings. The normalized spacial score (nSPS) is 12.8. The third-order valence-corrected chi connectivity index (χ3v) is 5.35. The third kappa shape index (κ3) is 3.96. The van der Waals surface area contributed by atoms with E-state index in [0.29, 0.717) is 10.4 Å². The zero-order valence-corrected chi connectivity index (χ0v) is 10.2. The van der Waals surface area contributed by atoms with Crippen molar-refractivity contribution in [3.8, 4) is 0 Å². The van der Waals surface area contributed by atoms with Gasteiger partial charge in [0, 0.05) is 0 Å². The molecule has 2 nitrogen and oxygen atoms in total. The van der Waals surface area contributed by atoms with Gasteiger partial charge < -0.3 is 0 Å². The van der Waals surface area contributed by atoms with E-state index in [-0.39, 0.29) is 5.91 Å². The van der Waals surface area contributed by atoms with Crippen LogP contribution in [0.5, 0.6) is 0 Å². The first-order valence-electron chi connectivity index (χ1n) is 4.11. The van der Waals surface area contributed by atoms with E-state index in [1.54, 1.807) is 6.92 Å². The SMILES string of the molecule is C=C(C)C(=O)NC(CC)[As](C)C. The second-order valence-corrected chi connectivity index (χ2v) is 8.49. The summed E-state index contributed by atoms with van der Waals surface area (Å²) in [4.78, 5) is 11.6. The number of hydrogen-bond donors (Lipinski definition) is 1. The maximum atomic E-state index is 11.2. The topological polar surface area (TPSA) is 29.1 Å². The Morgan fingerprint density at radius 1 is 1.58 bits per heavy atom. The maximum absolute atomic E-state index is 11.2. The Morgan fingerprint density at radius 2 is 2.08 bits per heavy atom. The third-order valence-electron chi connectivity index (χ3n) is 1.70. The Hall–Kier alpha value is -0.232. The van der Waals surface area contributed by atoms with Crippen LogP contribution in [0.3, 0.4) is 0 Å². The minimum atomic E-state index is -0.818. The van der Waals surface area contributed by atoms with Crippen molar-refractivity contribution in [3.05, 3.63) is 12.2 Å². The van der Waals surface area contributed by atoms with Gasteiger partial charge in [-0.15, -0.1) is 0 Å². The monoisotopic (exact) mass is 231 g/mol. The van der Waals surface area contributed by atoms with E-state index in [0.717, 1.165) is 6.42 Å². The molecule has 0 spiro atoms. The van der Waals surface area contributed by atoms with Gasteiger partial charge in [-0.2, -0.15) is 0 Å². The van der Waals surface area contributed by atoms with Gasteiger partial charge in [-0.25, -0.2) is 0 Å². The fraction of sp³-hybridized carbons (Fsp3) is 0.667. The van der Waals surface area contributed by atoms with Gasteiger partial charge in [0.25, 0.3) is 0 Å². The predicted molar refractivity (Wildman–Crippen MR) is 54.5 cm³/mol. The predicted octanol–water partition coefficient (Wildman–Crippen LogP) is 1.75. The number of carbonyl (C=O) groups excluding carboxylic acids is 1. The molecular weight excluding hydrogens is 213 g/mol. The van der Waals surface area contributed by atoms with Gasteiger partial charge in [-0.3, -0.25) is 0 Å². The van der Waals surface area contributed by atoms with Gasteiger partial charge in [0.1, 0.15) is 0 Å². The van der Waals surface area contributed by atoms with Crippen molar-refractivity contribution < 1.29 is 4.79 Å². The Morgan fingerprint density at radius 3 is 2.33 bits per heavy atom. The van der Waals surface area contributed by atoms with E-state index in [9.17, 15) is 4.79 Å². The van der Waals surface area contributed by atoms with Crippen molar-refractivity contribution in [1.82, 2.24) is 5.32 Å². The van der Waals surface area contributed by atoms with Gasteiger partial charge >= 0.3 is 79.3 Å². The average molecular weight is 231 g/mol. The quantitative estimate of drug-likeness (QED) is 0.579. The Bertz CT molecular complexity index is 177. The van der Waals surface area contributed by atoms with Crippen LogP contribution in [0.15, 0.2) is 12.2 Å². The summed E-state index contributed by atoms with van der Waals surface area (Å²) < 4.78 is 0. The molecule has 70 valence electrons. The van der Waals surface area contributed by atoms with E-state index < -0.39 is 14.7 Å². The number of nitrogens with one attached hydrogen (secondary N) is 1. The average Bonchev–Trinajstić information content (AvgIpc) is 1.98. The first kappa shape index (κ1) is 11.8. The molecule has 0 bridgehead atoms. The van der Waals surface area contributed by atoms with E-state index in [1.807, 2.05) is 0 Å². The molecule has 1 amide bonds. The van der Waals surface area contributed by atoms with Crippen LogP contribution in [-0.4, -0.2) is 25.4 Å². The van der Waals surface area contributed by atoms with Gasteiger partial charge in [0.15, 0.2) is 0 Å². The van der Waals surface area contributed by atoms with Crippen LogP contribution in [0, 0.1) is 0 Å². The second kappa shape index (κ2) is 5.42. The molecule has 0 radical (unpaired) electrons. The molecular formula is C9H18AsNO. The summed E-state index contributed by atoms with van der Waals surface area (Å²) in [6, 6.07) is 0. The molecule has 1 atom stereocenters. The molecule has 0 aromatic heterocycles. The van der Waals surface area contributed by atoms with E-state index in [1.165, 1.54) is 0 Å². The number of carbonyl (C=O) groups is 1. The van der Waals surface area contributed by atoms with Gasteiger partial charge in [-0.05, 0) is 0 Å². The number of amides is 1. The zero-order chi connectivity index (χ0) is 9.72. The van der Waals surface area contributed by atoms with E-state index >= 15 is 0 Å². The summed E-state index contributed by atoms with van der Waals surface area (Å²) in [6.07, 6.45) is 1.03. The molecule has 0 aliphatic heterocycles. The summed E-state index contributed by atoms with van der Waals surface area (Å²) in [7, 11) is 0. The van der Waals surface area contributed by atoms with Crippen LogP contribution in [0.4, 0.5) is 0 Å². The Labute approximate surface area is 79.7 Å². The zero-order valence-electron chi connectivity index (χ0n) is 8.35. The summed E-state index contributed by atoms with van der Waals surface area (Å²) >= 11 is -0.818. The van der Waals surface area contributed by atoms with Crippen LogP contribution >= 0.6 is 0 Å². The molecule has 12 heavy (non-hydrogen) atoms. The van der Waals surface area contributed by atoms with Crippen molar-refractivity contribution in [2.24, 2.45) is 0 Å². The van der Waals surface area contributed by atoms with Crippen LogP contribution < -0.4 is 5.32 Å². The summed E-state index contributed by atoms with van der Waals surface area (Å²) in [5.41, 5.74) is 5.10. The van der Waals surface area contributed by atoms with E-state index in [4.69, 9.17) is 0 Å². The molecule has 0 saturated carbocycles. The van der Waals surface area contributed by atoms with Crippen molar-refractivity contribution in [1.29, 1.82) is 0 Å². The van der Waals surface area contributed by atoms with Crippen LogP contribution in [-0.2, 0) is 4.79 Å². The Kier molecular flexibility index (Phi) is 5.32. The van der Waals surface area contributed by atoms with Crippen molar-refractivity contribution >= 4 is 20.6 Å². The summed E-state index contributed by atoms with van der Waals surface area (Å²) in [5.74, 6) is 0.00456. The van der Waals surface area contributed by atoms with Crippen molar-refractivity contribution in [2.45, 2.75) is 36.5 Å². The summed E-state index contributed by atoms with van der Waals surface area (Å²) in [5, 5.41) is 2.99. The van der Waals surface area contributed by atoms with Crippen LogP contribution in [0.2, 0.25) is 11.4 Å². The van der Waals surface area contributed by atoms with E-state index in [2.05, 4.69) is 30.2 Å². The first-order chi connectivity index (χ1) is 5.49. The molecule has 0 aliphatic carbocycles. The molecule has 0 fully saturated rings. The molecule has 0 aromatic carbocycles. The van der Waals surface area contributed by atoms with Crippen LogP contribution in [0.25, 0.3) is 0 Å². The molecule has 0 saturated heterocycles. The van der Waals surface area contributed by atoms with Crippen molar-refractivity contribution in [2.75, 3.05) is 0 Å². The first-order valence-corrected chi connectivity index (χ1v) is 8.95. The molecule has 3 heteroatoms. The molecule has 0 rings (SSSR count). The van der Waals surface area contributed by atoms with Gasteiger partial charge in [0.05, 0.1) is 0 Å².